The average molecular weight is 374 g/mol. The van der Waals surface area contributed by atoms with E-state index in [1.165, 1.54) is 5.56 Å². The molecule has 1 aromatic rings. The second-order valence-corrected chi connectivity index (χ2v) is 8.04. The molecule has 6 nitrogen and oxygen atoms in total. The number of ether oxygens (including phenoxy) is 3. The summed E-state index contributed by atoms with van der Waals surface area (Å²) in [5.41, 5.74) is 1.19. The van der Waals surface area contributed by atoms with Crippen LogP contribution in [0.1, 0.15) is 31.2 Å². The molecule has 6 heteroatoms. The number of hydrogen-bond acceptors (Lipinski definition) is 5. The molecular formula is C21H30N2O4. The molecule has 0 aliphatic carbocycles. The molecule has 0 N–H and O–H groups in total. The van der Waals surface area contributed by atoms with Crippen molar-refractivity contribution >= 4 is 5.91 Å². The zero-order valence-electron chi connectivity index (χ0n) is 16.2. The van der Waals surface area contributed by atoms with Crippen LogP contribution in [-0.2, 0) is 20.8 Å². The predicted molar refractivity (Wildman–Crippen MR) is 102 cm³/mol. The van der Waals surface area contributed by atoms with Crippen LogP contribution in [0.15, 0.2) is 24.3 Å². The van der Waals surface area contributed by atoms with Crippen molar-refractivity contribution in [3.63, 3.8) is 0 Å². The van der Waals surface area contributed by atoms with Crippen molar-refractivity contribution in [2.45, 2.75) is 43.9 Å². The number of hydrogen-bond donors (Lipinski definition) is 0. The second-order valence-electron chi connectivity index (χ2n) is 8.04. The predicted octanol–water partition coefficient (Wildman–Crippen LogP) is 2.07. The first-order valence-corrected chi connectivity index (χ1v) is 10.0. The van der Waals surface area contributed by atoms with Crippen molar-refractivity contribution in [2.75, 3.05) is 46.5 Å². The molecular weight excluding hydrogens is 344 g/mol. The van der Waals surface area contributed by atoms with Gasteiger partial charge in [-0.05, 0) is 37.0 Å². The number of carbonyl (C=O) groups is 1. The van der Waals surface area contributed by atoms with E-state index in [9.17, 15) is 4.79 Å². The van der Waals surface area contributed by atoms with Crippen LogP contribution in [-0.4, -0.2) is 73.9 Å². The fraction of sp³-hybridized carbons (Fsp3) is 0.667. The number of carbonyl (C=O) groups excluding carboxylic acids is 1. The number of nitrogens with zero attached hydrogens (tertiary/aromatic N) is 2. The van der Waals surface area contributed by atoms with E-state index < -0.39 is 0 Å². The van der Waals surface area contributed by atoms with Gasteiger partial charge in [-0.2, -0.15) is 0 Å². The van der Waals surface area contributed by atoms with Gasteiger partial charge in [0.2, 0.25) is 5.91 Å². The van der Waals surface area contributed by atoms with Crippen LogP contribution >= 0.6 is 0 Å². The van der Waals surface area contributed by atoms with Gasteiger partial charge in [0.05, 0.1) is 18.8 Å². The summed E-state index contributed by atoms with van der Waals surface area (Å²) in [6.45, 7) is 5.50. The van der Waals surface area contributed by atoms with Gasteiger partial charge in [-0.25, -0.2) is 0 Å². The molecule has 3 saturated heterocycles. The lowest BCUT2D eigenvalue weighted by molar-refractivity contribution is -0.200. The monoisotopic (exact) mass is 374 g/mol. The second kappa shape index (κ2) is 8.17. The molecule has 1 atom stereocenters. The van der Waals surface area contributed by atoms with Crippen LogP contribution in [0.2, 0.25) is 0 Å². The molecule has 1 aromatic carbocycles. The summed E-state index contributed by atoms with van der Waals surface area (Å²) in [5.74, 6) is 1.03. The molecule has 3 heterocycles. The number of methoxy groups -OCH3 is 1. The SMILES string of the molecule is COc1ccc(CN2CC3(CC(OCC(=O)N4CCCC4)CCO3)C2)cc1. The molecule has 3 aliphatic rings. The summed E-state index contributed by atoms with van der Waals surface area (Å²) in [6, 6.07) is 8.23. The number of amides is 1. The maximum Gasteiger partial charge on any atom is 0.248 e. The molecule has 0 radical (unpaired) electrons. The van der Waals surface area contributed by atoms with E-state index in [1.54, 1.807) is 7.11 Å². The Morgan fingerprint density at radius 3 is 2.67 bits per heavy atom. The Kier molecular flexibility index (Phi) is 5.66. The lowest BCUT2D eigenvalue weighted by Gasteiger charge is -2.53. The maximum atomic E-state index is 12.2. The Hall–Kier alpha value is -1.63. The van der Waals surface area contributed by atoms with E-state index >= 15 is 0 Å². The van der Waals surface area contributed by atoms with Crippen molar-refractivity contribution in [1.29, 1.82) is 0 Å². The molecule has 0 bridgehead atoms. The van der Waals surface area contributed by atoms with Gasteiger partial charge < -0.3 is 19.1 Å². The number of likely N-dealkylation sites (tertiary alicyclic amines) is 2. The van der Waals surface area contributed by atoms with Crippen LogP contribution in [0, 0.1) is 0 Å². The van der Waals surface area contributed by atoms with Gasteiger partial charge in [0.15, 0.2) is 0 Å². The Morgan fingerprint density at radius 1 is 1.22 bits per heavy atom. The normalized spacial score (nSPS) is 24.8. The summed E-state index contributed by atoms with van der Waals surface area (Å²) in [7, 11) is 1.69. The fourth-order valence-electron chi connectivity index (χ4n) is 4.46. The highest BCUT2D eigenvalue weighted by Gasteiger charge is 2.47. The van der Waals surface area contributed by atoms with E-state index in [1.807, 2.05) is 17.0 Å². The van der Waals surface area contributed by atoms with E-state index in [0.29, 0.717) is 0 Å². The van der Waals surface area contributed by atoms with E-state index in [0.717, 1.165) is 70.8 Å². The molecule has 1 spiro atoms. The van der Waals surface area contributed by atoms with Crippen LogP contribution < -0.4 is 4.74 Å². The van der Waals surface area contributed by atoms with Gasteiger partial charge in [0, 0.05) is 45.8 Å². The quantitative estimate of drug-likeness (QED) is 0.763. The summed E-state index contributed by atoms with van der Waals surface area (Å²) in [5, 5.41) is 0. The molecule has 27 heavy (non-hydrogen) atoms. The first kappa shape index (κ1) is 18.7. The standard InChI is InChI=1S/C21H30N2O4/c1-25-18-6-4-17(5-7-18)13-22-15-21(16-22)12-19(8-11-27-21)26-14-20(24)23-9-2-3-10-23/h4-7,19H,2-3,8-16H2,1H3. The van der Waals surface area contributed by atoms with E-state index in [4.69, 9.17) is 14.2 Å². The topological polar surface area (TPSA) is 51.2 Å². The van der Waals surface area contributed by atoms with Crippen molar-refractivity contribution in [3.8, 4) is 5.75 Å². The highest BCUT2D eigenvalue weighted by atomic mass is 16.5. The Bertz CT molecular complexity index is 636. The average Bonchev–Trinajstić information content (AvgIpc) is 3.21. The van der Waals surface area contributed by atoms with Crippen molar-refractivity contribution in [3.05, 3.63) is 29.8 Å². The molecule has 1 amide bonds. The summed E-state index contributed by atoms with van der Waals surface area (Å²) in [4.78, 5) is 16.5. The van der Waals surface area contributed by atoms with Gasteiger partial charge in [0.1, 0.15) is 12.4 Å². The minimum absolute atomic E-state index is 0.0912. The minimum atomic E-state index is -0.0912. The summed E-state index contributed by atoms with van der Waals surface area (Å²) < 4.78 is 17.3. The Labute approximate surface area is 161 Å². The lowest BCUT2D eigenvalue weighted by atomic mass is 9.84. The number of benzene rings is 1. The van der Waals surface area contributed by atoms with Gasteiger partial charge in [-0.3, -0.25) is 9.69 Å². The molecule has 3 fully saturated rings. The van der Waals surface area contributed by atoms with Crippen molar-refractivity contribution in [1.82, 2.24) is 9.80 Å². The largest absolute Gasteiger partial charge is 0.497 e. The van der Waals surface area contributed by atoms with Crippen molar-refractivity contribution in [2.24, 2.45) is 0 Å². The molecule has 3 aliphatic heterocycles. The molecule has 0 aromatic heterocycles. The van der Waals surface area contributed by atoms with Crippen molar-refractivity contribution < 1.29 is 19.0 Å². The third-order valence-electron chi connectivity index (χ3n) is 5.94. The van der Waals surface area contributed by atoms with Gasteiger partial charge in [0.25, 0.3) is 0 Å². The van der Waals surface area contributed by atoms with Crippen LogP contribution in [0.25, 0.3) is 0 Å². The maximum absolute atomic E-state index is 12.2. The zero-order valence-corrected chi connectivity index (χ0v) is 16.2. The lowest BCUT2D eigenvalue weighted by Crippen LogP contribution is -2.65. The molecule has 4 rings (SSSR count). The summed E-state index contributed by atoms with van der Waals surface area (Å²) in [6.07, 6.45) is 4.15. The Morgan fingerprint density at radius 2 is 1.96 bits per heavy atom. The van der Waals surface area contributed by atoms with E-state index in [-0.39, 0.29) is 24.2 Å². The van der Waals surface area contributed by atoms with Gasteiger partial charge in [-0.15, -0.1) is 0 Å². The minimum Gasteiger partial charge on any atom is -0.497 e. The molecule has 1 unspecified atom stereocenters. The van der Waals surface area contributed by atoms with Crippen LogP contribution in [0.3, 0.4) is 0 Å². The highest BCUT2D eigenvalue weighted by Crippen LogP contribution is 2.36. The fourth-order valence-corrected chi connectivity index (χ4v) is 4.46. The third-order valence-corrected chi connectivity index (χ3v) is 5.94. The van der Waals surface area contributed by atoms with Crippen LogP contribution in [0.4, 0.5) is 0 Å². The molecule has 148 valence electrons. The number of rotatable bonds is 6. The smallest absolute Gasteiger partial charge is 0.248 e. The molecule has 0 saturated carbocycles. The van der Waals surface area contributed by atoms with E-state index in [2.05, 4.69) is 17.0 Å². The first-order chi connectivity index (χ1) is 13.2. The van der Waals surface area contributed by atoms with Gasteiger partial charge >= 0.3 is 0 Å². The van der Waals surface area contributed by atoms with Gasteiger partial charge in [-0.1, -0.05) is 12.1 Å². The zero-order chi connectivity index (χ0) is 18.7. The Balaban J connectivity index is 1.22. The van der Waals surface area contributed by atoms with Crippen LogP contribution in [0.5, 0.6) is 5.75 Å². The summed E-state index contributed by atoms with van der Waals surface area (Å²) >= 11 is 0. The third kappa shape index (κ3) is 4.45. The first-order valence-electron chi connectivity index (χ1n) is 10.0. The highest BCUT2D eigenvalue weighted by molar-refractivity contribution is 5.77.